The molecule has 0 N–H and O–H groups in total. The van der Waals surface area contributed by atoms with E-state index in [2.05, 4.69) is 4.85 Å². The Morgan fingerprint density at radius 3 is 2.50 bits per heavy atom. The molecule has 0 saturated heterocycles. The SMILES string of the molecule is [C-]#[N+]c1cc(C)ccc1C. The van der Waals surface area contributed by atoms with E-state index in [1.54, 1.807) is 0 Å². The maximum atomic E-state index is 6.81. The standard InChI is InChI=1S/C9H9N/c1-7-4-5-8(2)9(6-7)10-3/h4-6H,1-2H3. The Hall–Kier alpha value is -1.29. The van der Waals surface area contributed by atoms with Crippen LogP contribution in [0.2, 0.25) is 0 Å². The number of nitrogens with zero attached hydrogens (tertiary/aromatic N) is 1. The van der Waals surface area contributed by atoms with E-state index in [1.807, 2.05) is 32.0 Å². The quantitative estimate of drug-likeness (QED) is 0.477. The second-order valence-corrected chi connectivity index (χ2v) is 2.40. The highest BCUT2D eigenvalue weighted by atomic mass is 14.6. The van der Waals surface area contributed by atoms with E-state index in [0.29, 0.717) is 0 Å². The van der Waals surface area contributed by atoms with E-state index in [4.69, 9.17) is 6.57 Å². The molecule has 0 aromatic heterocycles. The number of aryl methyl sites for hydroxylation is 2. The summed E-state index contributed by atoms with van der Waals surface area (Å²) < 4.78 is 0. The van der Waals surface area contributed by atoms with Gasteiger partial charge in [0.15, 0.2) is 5.69 Å². The summed E-state index contributed by atoms with van der Waals surface area (Å²) in [5, 5.41) is 0. The van der Waals surface area contributed by atoms with Crippen LogP contribution in [0.1, 0.15) is 11.1 Å². The molecule has 1 nitrogen and oxygen atoms in total. The fourth-order valence-electron chi connectivity index (χ4n) is 0.840. The first kappa shape index (κ1) is 6.82. The van der Waals surface area contributed by atoms with Crippen LogP contribution in [0.25, 0.3) is 4.85 Å². The molecule has 0 spiro atoms. The van der Waals surface area contributed by atoms with E-state index >= 15 is 0 Å². The number of hydrogen-bond donors (Lipinski definition) is 0. The summed E-state index contributed by atoms with van der Waals surface area (Å²) in [4.78, 5) is 3.38. The largest absolute Gasteiger partial charge is 0.238 e. The van der Waals surface area contributed by atoms with E-state index in [-0.39, 0.29) is 0 Å². The lowest BCUT2D eigenvalue weighted by Crippen LogP contribution is -1.73. The summed E-state index contributed by atoms with van der Waals surface area (Å²) in [6, 6.07) is 5.90. The molecule has 1 aromatic carbocycles. The first-order chi connectivity index (χ1) is 4.74. The molecule has 1 aromatic rings. The third-order valence-corrected chi connectivity index (χ3v) is 1.49. The highest BCUT2D eigenvalue weighted by Gasteiger charge is 1.94. The lowest BCUT2D eigenvalue weighted by Gasteiger charge is -1.96. The molecule has 0 saturated carbocycles. The van der Waals surface area contributed by atoms with Crippen LogP contribution >= 0.6 is 0 Å². The van der Waals surface area contributed by atoms with Gasteiger partial charge in [0.05, 0.1) is 6.57 Å². The lowest BCUT2D eigenvalue weighted by molar-refractivity contribution is 1.41. The minimum Gasteiger partial charge on any atom is -0.238 e. The average Bonchev–Trinajstić information content (AvgIpc) is 1.94. The van der Waals surface area contributed by atoms with Gasteiger partial charge in [-0.15, -0.1) is 0 Å². The topological polar surface area (TPSA) is 4.36 Å². The molecule has 1 rings (SSSR count). The third kappa shape index (κ3) is 1.16. The average molecular weight is 131 g/mol. The van der Waals surface area contributed by atoms with Gasteiger partial charge in [-0.1, -0.05) is 23.8 Å². The Morgan fingerprint density at radius 2 is 2.00 bits per heavy atom. The molecule has 50 valence electrons. The molecule has 0 aliphatic carbocycles. The predicted octanol–water partition coefficient (Wildman–Crippen LogP) is 2.85. The smallest absolute Gasteiger partial charge is 0.190 e. The van der Waals surface area contributed by atoms with Crippen LogP contribution in [0.15, 0.2) is 18.2 Å². The third-order valence-electron chi connectivity index (χ3n) is 1.49. The van der Waals surface area contributed by atoms with Crippen molar-refractivity contribution in [1.82, 2.24) is 0 Å². The molecule has 1 heteroatoms. The molecule has 10 heavy (non-hydrogen) atoms. The summed E-state index contributed by atoms with van der Waals surface area (Å²) in [5.41, 5.74) is 2.97. The molecular weight excluding hydrogens is 122 g/mol. The van der Waals surface area contributed by atoms with Gasteiger partial charge in [0.1, 0.15) is 0 Å². The highest BCUT2D eigenvalue weighted by Crippen LogP contribution is 2.18. The van der Waals surface area contributed by atoms with Gasteiger partial charge in [-0.25, -0.2) is 4.85 Å². The van der Waals surface area contributed by atoms with Crippen molar-refractivity contribution in [2.45, 2.75) is 13.8 Å². The van der Waals surface area contributed by atoms with Crippen LogP contribution in [0.5, 0.6) is 0 Å². The van der Waals surface area contributed by atoms with Gasteiger partial charge in [-0.05, 0) is 19.4 Å². The van der Waals surface area contributed by atoms with Gasteiger partial charge < -0.3 is 0 Å². The van der Waals surface area contributed by atoms with E-state index in [0.717, 1.165) is 16.8 Å². The van der Waals surface area contributed by atoms with Gasteiger partial charge in [0.25, 0.3) is 0 Å². The minimum absolute atomic E-state index is 0.764. The van der Waals surface area contributed by atoms with Crippen molar-refractivity contribution in [3.63, 3.8) is 0 Å². The number of benzene rings is 1. The molecular formula is C9H9N. The first-order valence-corrected chi connectivity index (χ1v) is 3.19. The first-order valence-electron chi connectivity index (χ1n) is 3.19. The van der Waals surface area contributed by atoms with Crippen molar-refractivity contribution in [1.29, 1.82) is 0 Å². The van der Waals surface area contributed by atoms with Gasteiger partial charge >= 0.3 is 0 Å². The van der Waals surface area contributed by atoms with Crippen molar-refractivity contribution >= 4 is 5.69 Å². The maximum absolute atomic E-state index is 6.81. The van der Waals surface area contributed by atoms with Crippen molar-refractivity contribution in [3.8, 4) is 0 Å². The van der Waals surface area contributed by atoms with Crippen LogP contribution < -0.4 is 0 Å². The summed E-state index contributed by atoms with van der Waals surface area (Å²) >= 11 is 0. The Morgan fingerprint density at radius 1 is 1.30 bits per heavy atom. The van der Waals surface area contributed by atoms with Crippen molar-refractivity contribution in [2.24, 2.45) is 0 Å². The fourth-order valence-corrected chi connectivity index (χ4v) is 0.840. The normalized spacial score (nSPS) is 8.90. The van der Waals surface area contributed by atoms with E-state index in [9.17, 15) is 0 Å². The Kier molecular flexibility index (Phi) is 1.73. The van der Waals surface area contributed by atoms with Gasteiger partial charge in [-0.3, -0.25) is 0 Å². The molecule has 0 aliphatic heterocycles. The highest BCUT2D eigenvalue weighted by molar-refractivity contribution is 5.53. The lowest BCUT2D eigenvalue weighted by atomic mass is 10.1. The second-order valence-electron chi connectivity index (χ2n) is 2.40. The number of hydrogen-bond acceptors (Lipinski definition) is 0. The van der Waals surface area contributed by atoms with Crippen molar-refractivity contribution in [2.75, 3.05) is 0 Å². The summed E-state index contributed by atoms with van der Waals surface area (Å²) in [5.74, 6) is 0. The Labute approximate surface area is 61.1 Å². The fraction of sp³-hybridized carbons (Fsp3) is 0.222. The Balaban J connectivity index is 3.25. The zero-order valence-corrected chi connectivity index (χ0v) is 6.18. The molecule has 0 amide bonds. The second kappa shape index (κ2) is 2.53. The summed E-state index contributed by atoms with van der Waals surface area (Å²) in [6.07, 6.45) is 0. The molecule has 0 heterocycles. The van der Waals surface area contributed by atoms with Crippen LogP contribution in [-0.4, -0.2) is 0 Å². The molecule has 0 unspecified atom stereocenters. The minimum atomic E-state index is 0.764. The predicted molar refractivity (Wildman–Crippen MR) is 42.2 cm³/mol. The molecule has 0 fully saturated rings. The van der Waals surface area contributed by atoms with Crippen molar-refractivity contribution in [3.05, 3.63) is 40.7 Å². The molecule has 0 radical (unpaired) electrons. The van der Waals surface area contributed by atoms with Crippen LogP contribution in [-0.2, 0) is 0 Å². The number of rotatable bonds is 0. The summed E-state index contributed by atoms with van der Waals surface area (Å²) in [7, 11) is 0. The van der Waals surface area contributed by atoms with E-state index < -0.39 is 0 Å². The van der Waals surface area contributed by atoms with Gasteiger partial charge in [-0.2, -0.15) is 0 Å². The molecule has 0 bridgehead atoms. The maximum Gasteiger partial charge on any atom is 0.190 e. The van der Waals surface area contributed by atoms with Crippen LogP contribution in [0.4, 0.5) is 5.69 Å². The molecule has 0 atom stereocenters. The molecule has 0 aliphatic rings. The summed E-state index contributed by atoms with van der Waals surface area (Å²) in [6.45, 7) is 10.8. The Bertz CT molecular complexity index is 281. The van der Waals surface area contributed by atoms with Gasteiger partial charge in [0, 0.05) is 0 Å². The van der Waals surface area contributed by atoms with Crippen LogP contribution in [0, 0.1) is 20.4 Å². The van der Waals surface area contributed by atoms with Crippen LogP contribution in [0.3, 0.4) is 0 Å². The van der Waals surface area contributed by atoms with Crippen molar-refractivity contribution < 1.29 is 0 Å². The van der Waals surface area contributed by atoms with E-state index in [1.165, 1.54) is 0 Å². The monoisotopic (exact) mass is 131 g/mol. The zero-order valence-electron chi connectivity index (χ0n) is 6.18. The van der Waals surface area contributed by atoms with Gasteiger partial charge in [0.2, 0.25) is 0 Å². The zero-order chi connectivity index (χ0) is 7.56.